The molecule has 4 nitrogen and oxygen atoms in total. The second-order valence-corrected chi connectivity index (χ2v) is 8.88. The molecule has 0 atom stereocenters. The molecule has 0 aromatic heterocycles. The molecule has 0 radical (unpaired) electrons. The van der Waals surface area contributed by atoms with Gasteiger partial charge in [-0.25, -0.2) is 0 Å². The van der Waals surface area contributed by atoms with Crippen LogP contribution < -0.4 is 4.74 Å². The third-order valence-corrected chi connectivity index (χ3v) is 4.40. The van der Waals surface area contributed by atoms with Gasteiger partial charge in [0.05, 0.1) is 13.7 Å². The van der Waals surface area contributed by atoms with Crippen LogP contribution in [-0.4, -0.2) is 31.4 Å². The maximum atomic E-state index is 12.0. The molecule has 0 unspecified atom stereocenters. The largest absolute Gasteiger partial charge is 0.496 e. The van der Waals surface area contributed by atoms with Gasteiger partial charge in [-0.1, -0.05) is 53.7 Å². The second-order valence-electron chi connectivity index (χ2n) is 8.88. The molecule has 1 rings (SSSR count). The molecule has 26 heavy (non-hydrogen) atoms. The molecular weight excluding hydrogens is 328 g/mol. The maximum Gasteiger partial charge on any atom is 0.306 e. The monoisotopic (exact) mass is 364 g/mol. The van der Waals surface area contributed by atoms with Gasteiger partial charge in [0.2, 0.25) is 0 Å². The van der Waals surface area contributed by atoms with E-state index in [0.29, 0.717) is 32.3 Å². The zero-order chi connectivity index (χ0) is 20.0. The quantitative estimate of drug-likeness (QED) is 0.543. The van der Waals surface area contributed by atoms with Gasteiger partial charge < -0.3 is 14.6 Å². The number of aryl methyl sites for hydroxylation is 1. The number of aliphatic hydroxyl groups excluding tert-OH is 1. The van der Waals surface area contributed by atoms with E-state index in [1.54, 1.807) is 7.11 Å². The number of unbranched alkanes of at least 4 members (excludes halogenated alkanes) is 1. The van der Waals surface area contributed by atoms with Gasteiger partial charge >= 0.3 is 5.97 Å². The van der Waals surface area contributed by atoms with Gasteiger partial charge in [-0.2, -0.15) is 0 Å². The van der Waals surface area contributed by atoms with E-state index in [9.17, 15) is 4.79 Å². The van der Waals surface area contributed by atoms with E-state index >= 15 is 0 Å². The molecule has 0 fully saturated rings. The fourth-order valence-electron chi connectivity index (χ4n) is 2.89. The average Bonchev–Trinajstić information content (AvgIpc) is 2.54. The molecule has 0 bridgehead atoms. The Morgan fingerprint density at radius 2 is 1.54 bits per heavy atom. The lowest BCUT2D eigenvalue weighted by molar-refractivity contribution is -0.143. The van der Waals surface area contributed by atoms with E-state index in [2.05, 4.69) is 53.7 Å². The van der Waals surface area contributed by atoms with E-state index in [0.717, 1.165) is 11.3 Å². The average molecular weight is 365 g/mol. The Morgan fingerprint density at radius 3 is 1.96 bits per heavy atom. The summed E-state index contributed by atoms with van der Waals surface area (Å²) in [4.78, 5) is 12.0. The number of esters is 1. The molecule has 0 aliphatic carbocycles. The van der Waals surface area contributed by atoms with E-state index in [1.165, 1.54) is 11.1 Å². The van der Waals surface area contributed by atoms with Crippen molar-refractivity contribution < 1.29 is 19.4 Å². The van der Waals surface area contributed by atoms with Crippen LogP contribution >= 0.6 is 0 Å². The summed E-state index contributed by atoms with van der Waals surface area (Å²) in [7, 11) is 1.73. The van der Waals surface area contributed by atoms with Gasteiger partial charge in [0.1, 0.15) is 5.75 Å². The molecule has 1 aromatic rings. The van der Waals surface area contributed by atoms with Crippen LogP contribution in [0.15, 0.2) is 12.1 Å². The highest BCUT2D eigenvalue weighted by molar-refractivity contribution is 5.69. The second kappa shape index (κ2) is 9.40. The number of benzene rings is 1. The van der Waals surface area contributed by atoms with Crippen LogP contribution in [0.3, 0.4) is 0 Å². The van der Waals surface area contributed by atoms with Crippen LogP contribution in [0.4, 0.5) is 0 Å². The van der Waals surface area contributed by atoms with Crippen molar-refractivity contribution in [1.82, 2.24) is 0 Å². The van der Waals surface area contributed by atoms with E-state index in [4.69, 9.17) is 14.6 Å². The summed E-state index contributed by atoms with van der Waals surface area (Å²) in [5.41, 5.74) is 3.36. The number of hydrogen-bond donors (Lipinski definition) is 1. The van der Waals surface area contributed by atoms with Gasteiger partial charge in [-0.3, -0.25) is 4.79 Å². The summed E-state index contributed by atoms with van der Waals surface area (Å²) >= 11 is 0. The molecule has 1 aromatic carbocycles. The van der Waals surface area contributed by atoms with Crippen LogP contribution in [0.2, 0.25) is 0 Å². The van der Waals surface area contributed by atoms with E-state index in [-0.39, 0.29) is 23.4 Å². The third-order valence-electron chi connectivity index (χ3n) is 4.40. The van der Waals surface area contributed by atoms with Crippen LogP contribution in [0, 0.1) is 0 Å². The fraction of sp³-hybridized carbons (Fsp3) is 0.682. The topological polar surface area (TPSA) is 55.8 Å². The smallest absolute Gasteiger partial charge is 0.306 e. The first-order chi connectivity index (χ1) is 12.0. The summed E-state index contributed by atoms with van der Waals surface area (Å²) in [6.07, 6.45) is 2.37. The molecule has 4 heteroatoms. The lowest BCUT2D eigenvalue weighted by Crippen LogP contribution is -2.20. The van der Waals surface area contributed by atoms with Gasteiger partial charge in [-0.15, -0.1) is 0 Å². The molecule has 0 spiro atoms. The Morgan fingerprint density at radius 1 is 1.00 bits per heavy atom. The van der Waals surface area contributed by atoms with Crippen LogP contribution in [-0.2, 0) is 26.8 Å². The number of aliphatic hydroxyl groups is 1. The van der Waals surface area contributed by atoms with Gasteiger partial charge in [0, 0.05) is 24.2 Å². The highest BCUT2D eigenvalue weighted by atomic mass is 16.5. The molecular formula is C22H36O4. The lowest BCUT2D eigenvalue weighted by Gasteiger charge is -2.30. The van der Waals surface area contributed by atoms with Gasteiger partial charge in [-0.05, 0) is 35.7 Å². The third kappa shape index (κ3) is 6.64. The zero-order valence-corrected chi connectivity index (χ0v) is 17.6. The predicted octanol–water partition coefficient (Wildman–Crippen LogP) is 4.54. The summed E-state index contributed by atoms with van der Waals surface area (Å²) in [5, 5.41) is 8.76. The molecule has 0 aliphatic rings. The minimum Gasteiger partial charge on any atom is -0.496 e. The fourth-order valence-corrected chi connectivity index (χ4v) is 2.89. The van der Waals surface area contributed by atoms with Crippen molar-refractivity contribution >= 4 is 5.97 Å². The van der Waals surface area contributed by atoms with E-state index in [1.807, 2.05) is 0 Å². The minimum atomic E-state index is -0.187. The number of hydrogen-bond acceptors (Lipinski definition) is 4. The number of carbonyl (C=O) groups excluding carboxylic acids is 1. The first-order valence-electron chi connectivity index (χ1n) is 9.49. The van der Waals surface area contributed by atoms with Crippen LogP contribution in [0.5, 0.6) is 5.75 Å². The maximum absolute atomic E-state index is 12.0. The van der Waals surface area contributed by atoms with Crippen molar-refractivity contribution in [2.24, 2.45) is 0 Å². The first kappa shape index (κ1) is 22.5. The Labute approximate surface area is 158 Å². The number of rotatable bonds is 8. The van der Waals surface area contributed by atoms with E-state index < -0.39 is 0 Å². The summed E-state index contributed by atoms with van der Waals surface area (Å²) in [6.45, 7) is 13.6. The van der Waals surface area contributed by atoms with Gasteiger partial charge in [0.25, 0.3) is 0 Å². The molecule has 0 saturated carbocycles. The van der Waals surface area contributed by atoms with Gasteiger partial charge in [0.15, 0.2) is 0 Å². The number of ether oxygens (including phenoxy) is 2. The lowest BCUT2D eigenvalue weighted by atomic mass is 9.78. The summed E-state index contributed by atoms with van der Waals surface area (Å²) in [6, 6.07) is 4.32. The van der Waals surface area contributed by atoms with Crippen molar-refractivity contribution in [3.05, 3.63) is 28.8 Å². The first-order valence-corrected chi connectivity index (χ1v) is 9.49. The van der Waals surface area contributed by atoms with Crippen LogP contribution in [0.1, 0.15) is 77.5 Å². The van der Waals surface area contributed by atoms with Crippen molar-refractivity contribution in [3.63, 3.8) is 0 Å². The minimum absolute atomic E-state index is 0.0494. The Kier molecular flexibility index (Phi) is 8.14. The Bertz CT molecular complexity index is 556. The van der Waals surface area contributed by atoms with Crippen molar-refractivity contribution in [3.8, 4) is 5.75 Å². The molecule has 0 amide bonds. The number of methoxy groups -OCH3 is 1. The van der Waals surface area contributed by atoms with Crippen molar-refractivity contribution in [2.45, 2.75) is 78.1 Å². The van der Waals surface area contributed by atoms with Crippen molar-refractivity contribution in [2.75, 3.05) is 20.3 Å². The molecule has 148 valence electrons. The Balaban J connectivity index is 3.00. The SMILES string of the molecule is COc1c(C(C)(C)C)cc(CCC(=O)OCCCCO)cc1C(C)(C)C. The normalized spacial score (nSPS) is 12.2. The summed E-state index contributed by atoms with van der Waals surface area (Å²) < 4.78 is 11.0. The highest BCUT2D eigenvalue weighted by Crippen LogP contribution is 2.40. The summed E-state index contributed by atoms with van der Waals surface area (Å²) in [5.74, 6) is 0.758. The standard InChI is InChI=1S/C22H36O4/c1-21(2,3)17-14-16(10-11-19(24)26-13-9-8-12-23)15-18(20(17)25-7)22(4,5)6/h14-15,23H,8-13H2,1-7H3. The molecule has 0 aliphatic heterocycles. The van der Waals surface area contributed by atoms with Crippen molar-refractivity contribution in [1.29, 1.82) is 0 Å². The van der Waals surface area contributed by atoms with Crippen LogP contribution in [0.25, 0.3) is 0 Å². The molecule has 0 saturated heterocycles. The number of carbonyl (C=O) groups is 1. The predicted molar refractivity (Wildman–Crippen MR) is 106 cm³/mol. The molecule has 0 heterocycles. The Hall–Kier alpha value is -1.55. The highest BCUT2D eigenvalue weighted by Gasteiger charge is 2.27. The molecule has 1 N–H and O–H groups in total. The zero-order valence-electron chi connectivity index (χ0n) is 17.6.